The molecule has 1 aromatic rings. The normalized spacial score (nSPS) is 25.0. The maximum Gasteiger partial charge on any atom is 0.255 e. The summed E-state index contributed by atoms with van der Waals surface area (Å²) >= 11 is 0. The maximum absolute atomic E-state index is 12.7. The first-order valence-corrected chi connectivity index (χ1v) is 7.71. The molecular formula is C16H22N2O4. The van der Waals surface area contributed by atoms with Gasteiger partial charge in [-0.2, -0.15) is 0 Å². The third-order valence-corrected chi connectivity index (χ3v) is 3.93. The minimum atomic E-state index is -0.326. The van der Waals surface area contributed by atoms with Gasteiger partial charge >= 0.3 is 0 Å². The smallest absolute Gasteiger partial charge is 0.255 e. The molecule has 0 radical (unpaired) electrons. The van der Waals surface area contributed by atoms with Gasteiger partial charge in [0.15, 0.2) is 0 Å². The molecule has 2 fully saturated rings. The van der Waals surface area contributed by atoms with E-state index in [1.807, 2.05) is 18.7 Å². The molecule has 1 unspecified atom stereocenters. The molecule has 0 saturated carbocycles. The molecule has 1 aromatic heterocycles. The number of hydrogen-bond acceptors (Lipinski definition) is 5. The molecule has 6 nitrogen and oxygen atoms in total. The van der Waals surface area contributed by atoms with Crippen LogP contribution in [0.15, 0.2) is 18.5 Å². The highest BCUT2D eigenvalue weighted by molar-refractivity contribution is 5.94. The van der Waals surface area contributed by atoms with Crippen molar-refractivity contribution in [2.45, 2.75) is 32.0 Å². The Balaban J connectivity index is 1.73. The van der Waals surface area contributed by atoms with Crippen LogP contribution >= 0.6 is 0 Å². The summed E-state index contributed by atoms with van der Waals surface area (Å²) < 4.78 is 16.9. The predicted octanol–water partition coefficient (Wildman–Crippen LogP) is 1.50. The van der Waals surface area contributed by atoms with Gasteiger partial charge in [-0.15, -0.1) is 0 Å². The molecule has 1 amide bonds. The van der Waals surface area contributed by atoms with Gasteiger partial charge in [-0.25, -0.2) is 0 Å². The fourth-order valence-electron chi connectivity index (χ4n) is 2.90. The summed E-state index contributed by atoms with van der Waals surface area (Å²) in [5.41, 5.74) is 0.224. The van der Waals surface area contributed by atoms with Gasteiger partial charge < -0.3 is 19.1 Å². The molecule has 6 heteroatoms. The van der Waals surface area contributed by atoms with E-state index in [0.717, 1.165) is 6.42 Å². The third kappa shape index (κ3) is 3.23. The van der Waals surface area contributed by atoms with Gasteiger partial charge in [-0.05, 0) is 19.9 Å². The Hall–Kier alpha value is -1.66. The summed E-state index contributed by atoms with van der Waals surface area (Å²) in [5, 5.41) is 0. The van der Waals surface area contributed by atoms with Gasteiger partial charge in [-0.3, -0.25) is 9.78 Å². The largest absolute Gasteiger partial charge is 0.489 e. The summed E-state index contributed by atoms with van der Waals surface area (Å²) in [6.07, 6.45) is 4.10. The Morgan fingerprint density at radius 2 is 2.27 bits per heavy atom. The Labute approximate surface area is 130 Å². The lowest BCUT2D eigenvalue weighted by Gasteiger charge is -2.39. The van der Waals surface area contributed by atoms with E-state index in [1.54, 1.807) is 18.5 Å². The van der Waals surface area contributed by atoms with E-state index >= 15 is 0 Å². The Morgan fingerprint density at radius 3 is 3.00 bits per heavy atom. The fourth-order valence-corrected chi connectivity index (χ4v) is 2.90. The Morgan fingerprint density at radius 1 is 1.41 bits per heavy atom. The molecule has 2 aliphatic heterocycles. The number of carbonyl (C=O) groups is 1. The molecule has 2 aliphatic rings. The minimum absolute atomic E-state index is 0.0312. The number of nitrogens with zero attached hydrogens (tertiary/aromatic N) is 2. The lowest BCUT2D eigenvalue weighted by molar-refractivity contribution is -0.0995. The quantitative estimate of drug-likeness (QED) is 0.847. The summed E-state index contributed by atoms with van der Waals surface area (Å²) in [6.45, 7) is 6.86. The average Bonchev–Trinajstić information content (AvgIpc) is 2.94. The highest BCUT2D eigenvalue weighted by Crippen LogP contribution is 2.28. The van der Waals surface area contributed by atoms with E-state index in [2.05, 4.69) is 4.98 Å². The molecule has 0 bridgehead atoms. The van der Waals surface area contributed by atoms with Crippen LogP contribution in [0.5, 0.6) is 5.75 Å². The molecule has 0 aliphatic carbocycles. The van der Waals surface area contributed by atoms with Crippen molar-refractivity contribution in [3.8, 4) is 5.75 Å². The maximum atomic E-state index is 12.7. The second-order valence-electron chi connectivity index (χ2n) is 6.14. The number of aromatic nitrogens is 1. The lowest BCUT2D eigenvalue weighted by atomic mass is 10.0. The van der Waals surface area contributed by atoms with E-state index in [1.165, 1.54) is 0 Å². The number of rotatable bonds is 3. The van der Waals surface area contributed by atoms with Crippen LogP contribution in [0.3, 0.4) is 0 Å². The van der Waals surface area contributed by atoms with Crippen molar-refractivity contribution in [3.63, 3.8) is 0 Å². The average molecular weight is 306 g/mol. The van der Waals surface area contributed by atoms with E-state index in [-0.39, 0.29) is 17.6 Å². The van der Waals surface area contributed by atoms with Crippen molar-refractivity contribution in [2.75, 3.05) is 32.9 Å². The first-order valence-electron chi connectivity index (χ1n) is 7.71. The zero-order chi connectivity index (χ0) is 15.6. The van der Waals surface area contributed by atoms with Gasteiger partial charge in [0.2, 0.25) is 0 Å². The number of carbonyl (C=O) groups excluding carboxylic acids is 1. The highest BCUT2D eigenvalue weighted by atomic mass is 16.6. The molecule has 22 heavy (non-hydrogen) atoms. The monoisotopic (exact) mass is 306 g/mol. The van der Waals surface area contributed by atoms with E-state index < -0.39 is 0 Å². The summed E-state index contributed by atoms with van der Waals surface area (Å²) in [4.78, 5) is 18.7. The molecule has 3 rings (SSSR count). The summed E-state index contributed by atoms with van der Waals surface area (Å²) in [5.74, 6) is 0.587. The Kier molecular flexibility index (Phi) is 4.31. The van der Waals surface area contributed by atoms with Crippen LogP contribution in [0.2, 0.25) is 0 Å². The van der Waals surface area contributed by atoms with Crippen LogP contribution in [-0.2, 0) is 9.47 Å². The third-order valence-electron chi connectivity index (χ3n) is 3.93. The van der Waals surface area contributed by atoms with Crippen LogP contribution in [0, 0.1) is 0 Å². The summed E-state index contributed by atoms with van der Waals surface area (Å²) in [6, 6.07) is 1.75. The van der Waals surface area contributed by atoms with Crippen molar-refractivity contribution in [1.82, 2.24) is 9.88 Å². The highest BCUT2D eigenvalue weighted by Gasteiger charge is 2.41. The van der Waals surface area contributed by atoms with Crippen molar-refractivity contribution < 1.29 is 19.0 Å². The molecule has 3 heterocycles. The van der Waals surface area contributed by atoms with E-state index in [9.17, 15) is 4.79 Å². The van der Waals surface area contributed by atoms with Gasteiger partial charge in [-0.1, -0.05) is 0 Å². The first kappa shape index (κ1) is 15.2. The zero-order valence-corrected chi connectivity index (χ0v) is 13.1. The lowest BCUT2D eigenvalue weighted by Crippen LogP contribution is -2.54. The number of morpholine rings is 1. The van der Waals surface area contributed by atoms with Crippen molar-refractivity contribution in [3.05, 3.63) is 24.0 Å². The van der Waals surface area contributed by atoms with E-state index in [0.29, 0.717) is 44.2 Å². The molecular weight excluding hydrogens is 284 g/mol. The predicted molar refractivity (Wildman–Crippen MR) is 80.0 cm³/mol. The van der Waals surface area contributed by atoms with Gasteiger partial charge in [0.25, 0.3) is 5.91 Å². The van der Waals surface area contributed by atoms with Crippen LogP contribution in [0.25, 0.3) is 0 Å². The minimum Gasteiger partial charge on any atom is -0.489 e. The zero-order valence-electron chi connectivity index (χ0n) is 13.1. The van der Waals surface area contributed by atoms with Crippen LogP contribution in [0.4, 0.5) is 0 Å². The number of hydrogen-bond donors (Lipinski definition) is 0. The molecule has 2 saturated heterocycles. The molecule has 1 spiro atoms. The number of ether oxygens (including phenoxy) is 3. The van der Waals surface area contributed by atoms with Crippen molar-refractivity contribution in [1.29, 1.82) is 0 Å². The second-order valence-corrected chi connectivity index (χ2v) is 6.14. The van der Waals surface area contributed by atoms with Gasteiger partial charge in [0.05, 0.1) is 37.6 Å². The van der Waals surface area contributed by atoms with Crippen LogP contribution < -0.4 is 4.74 Å². The van der Waals surface area contributed by atoms with Crippen molar-refractivity contribution in [2.24, 2.45) is 0 Å². The van der Waals surface area contributed by atoms with Crippen LogP contribution in [0.1, 0.15) is 30.6 Å². The number of pyridine rings is 1. The number of amides is 1. The Bertz CT molecular complexity index is 541. The molecule has 1 atom stereocenters. The SMILES string of the molecule is CC(C)Oc1cncc(C(=O)N2CCOC3(CCOC3)C2)c1. The molecule has 0 N–H and O–H groups in total. The second kappa shape index (κ2) is 6.22. The molecule has 120 valence electrons. The molecule has 0 aromatic carbocycles. The van der Waals surface area contributed by atoms with E-state index in [4.69, 9.17) is 14.2 Å². The van der Waals surface area contributed by atoms with Crippen LogP contribution in [-0.4, -0.2) is 60.4 Å². The standard InChI is InChI=1S/C16H22N2O4/c1-12(2)22-14-7-13(8-17-9-14)15(19)18-4-6-21-16(10-18)3-5-20-11-16/h7-9,12H,3-6,10-11H2,1-2H3. The topological polar surface area (TPSA) is 60.9 Å². The van der Waals surface area contributed by atoms with Crippen molar-refractivity contribution >= 4 is 5.91 Å². The van der Waals surface area contributed by atoms with Gasteiger partial charge in [0, 0.05) is 25.8 Å². The first-order chi connectivity index (χ1) is 10.6. The fraction of sp³-hybridized carbons (Fsp3) is 0.625. The summed E-state index contributed by atoms with van der Waals surface area (Å²) in [7, 11) is 0. The van der Waals surface area contributed by atoms with Gasteiger partial charge in [0.1, 0.15) is 11.4 Å².